The Morgan fingerprint density at radius 1 is 1.14 bits per heavy atom. The molecule has 0 bridgehead atoms. The Morgan fingerprint density at radius 2 is 1.86 bits per heavy atom. The fraction of sp³-hybridized carbons (Fsp3) is 0.647. The molecule has 1 aromatic carbocycles. The van der Waals surface area contributed by atoms with E-state index in [-0.39, 0.29) is 6.10 Å². The fourth-order valence-electron chi connectivity index (χ4n) is 3.38. The fourth-order valence-corrected chi connectivity index (χ4v) is 3.83. The maximum atomic E-state index is 6.42. The van der Waals surface area contributed by atoms with Gasteiger partial charge in [0.15, 0.2) is 0 Å². The molecule has 0 spiro atoms. The second-order valence-corrected chi connectivity index (χ2v) is 7.33. The average molecular weight is 343 g/mol. The summed E-state index contributed by atoms with van der Waals surface area (Å²) in [4.78, 5) is 2.42. The monoisotopic (exact) mass is 342 g/mol. The van der Waals surface area contributed by atoms with E-state index < -0.39 is 0 Å². The molecule has 1 aliphatic carbocycles. The number of nitrogens with zero attached hydrogens (tertiary/aromatic N) is 1. The molecule has 1 heterocycles. The number of rotatable bonds is 6. The highest BCUT2D eigenvalue weighted by Gasteiger charge is 2.30. The van der Waals surface area contributed by atoms with E-state index in [1.165, 1.54) is 12.8 Å². The number of halogens is 2. The highest BCUT2D eigenvalue weighted by molar-refractivity contribution is 6.34. The van der Waals surface area contributed by atoms with Gasteiger partial charge in [0.25, 0.3) is 0 Å². The first-order valence-electron chi connectivity index (χ1n) is 8.22. The molecular weight excluding hydrogens is 319 g/mol. The van der Waals surface area contributed by atoms with Crippen LogP contribution in [0.2, 0.25) is 10.0 Å². The largest absolute Gasteiger partial charge is 0.489 e. The summed E-state index contributed by atoms with van der Waals surface area (Å²) in [6, 6.07) is 3.85. The van der Waals surface area contributed by atoms with Gasteiger partial charge in [0.05, 0.1) is 11.1 Å². The van der Waals surface area contributed by atoms with Crippen LogP contribution in [0.5, 0.6) is 5.75 Å². The van der Waals surface area contributed by atoms with Crippen LogP contribution in [-0.2, 0) is 6.54 Å². The lowest BCUT2D eigenvalue weighted by atomic mass is 9.80. The summed E-state index contributed by atoms with van der Waals surface area (Å²) in [5.41, 5.74) is 6.67. The van der Waals surface area contributed by atoms with Crippen LogP contribution < -0.4 is 10.5 Å². The molecule has 3 nitrogen and oxygen atoms in total. The summed E-state index contributed by atoms with van der Waals surface area (Å²) in [6.07, 6.45) is 6.04. The van der Waals surface area contributed by atoms with Crippen LogP contribution in [0.4, 0.5) is 0 Å². The number of hydrogen-bond donors (Lipinski definition) is 1. The highest BCUT2D eigenvalue weighted by atomic mass is 35.5. The lowest BCUT2D eigenvalue weighted by Crippen LogP contribution is -2.34. The van der Waals surface area contributed by atoms with Gasteiger partial charge in [-0.15, -0.1) is 0 Å². The Morgan fingerprint density at radius 3 is 2.55 bits per heavy atom. The van der Waals surface area contributed by atoms with Crippen molar-refractivity contribution in [3.63, 3.8) is 0 Å². The lowest BCUT2D eigenvalue weighted by molar-refractivity contribution is 0.0620. The van der Waals surface area contributed by atoms with Crippen molar-refractivity contribution in [3.05, 3.63) is 27.7 Å². The van der Waals surface area contributed by atoms with Crippen molar-refractivity contribution in [2.24, 2.45) is 11.7 Å². The maximum Gasteiger partial charge on any atom is 0.139 e. The van der Waals surface area contributed by atoms with Crippen molar-refractivity contribution >= 4 is 23.2 Å². The Balaban J connectivity index is 1.60. The van der Waals surface area contributed by atoms with Gasteiger partial charge in [-0.25, -0.2) is 0 Å². The van der Waals surface area contributed by atoms with Gasteiger partial charge in [-0.05, 0) is 69.3 Å². The Labute approximate surface area is 142 Å². The molecule has 0 aromatic heterocycles. The quantitative estimate of drug-likeness (QED) is 0.845. The van der Waals surface area contributed by atoms with E-state index in [2.05, 4.69) is 4.90 Å². The highest BCUT2D eigenvalue weighted by Crippen LogP contribution is 2.38. The number of benzene rings is 1. The van der Waals surface area contributed by atoms with Crippen LogP contribution >= 0.6 is 23.2 Å². The molecule has 0 atom stereocenters. The van der Waals surface area contributed by atoms with Crippen LogP contribution in [0.1, 0.15) is 37.7 Å². The number of nitrogens with two attached hydrogens (primary N) is 1. The third-order valence-electron chi connectivity index (χ3n) is 4.75. The van der Waals surface area contributed by atoms with Gasteiger partial charge >= 0.3 is 0 Å². The molecule has 1 aromatic rings. The van der Waals surface area contributed by atoms with Crippen molar-refractivity contribution < 1.29 is 4.74 Å². The van der Waals surface area contributed by atoms with Crippen molar-refractivity contribution in [2.75, 3.05) is 19.6 Å². The van der Waals surface area contributed by atoms with Crippen LogP contribution in [0.25, 0.3) is 0 Å². The number of ether oxygens (including phenoxy) is 1. The first kappa shape index (κ1) is 16.4. The van der Waals surface area contributed by atoms with Crippen LogP contribution in [0, 0.1) is 5.92 Å². The molecule has 2 N–H and O–H groups in total. The standard InChI is InChI=1S/C17H24Cl2N2O/c18-15-10-17(22-14-7-12(8-14)3-4-20)16(19)9-13(15)11-21-5-1-2-6-21/h9-10,12,14H,1-8,11,20H2. The van der Waals surface area contributed by atoms with E-state index in [0.29, 0.717) is 16.7 Å². The van der Waals surface area contributed by atoms with Gasteiger partial charge in [-0.3, -0.25) is 4.90 Å². The topological polar surface area (TPSA) is 38.5 Å². The normalized spacial score (nSPS) is 25.2. The SMILES string of the molecule is NCCC1CC(Oc2cc(Cl)c(CN3CCCC3)cc2Cl)C1. The molecule has 0 radical (unpaired) electrons. The molecular formula is C17H24Cl2N2O. The minimum Gasteiger partial charge on any atom is -0.489 e. The Bertz CT molecular complexity index is 512. The van der Waals surface area contributed by atoms with Gasteiger partial charge in [-0.1, -0.05) is 23.2 Å². The van der Waals surface area contributed by atoms with E-state index in [1.807, 2.05) is 12.1 Å². The predicted molar refractivity (Wildman–Crippen MR) is 91.8 cm³/mol. The van der Waals surface area contributed by atoms with Gasteiger partial charge in [-0.2, -0.15) is 0 Å². The first-order valence-corrected chi connectivity index (χ1v) is 8.98. The molecule has 5 heteroatoms. The minimum atomic E-state index is 0.259. The van der Waals surface area contributed by atoms with E-state index in [0.717, 1.165) is 56.0 Å². The van der Waals surface area contributed by atoms with E-state index in [4.69, 9.17) is 33.7 Å². The van der Waals surface area contributed by atoms with E-state index in [9.17, 15) is 0 Å². The first-order chi connectivity index (χ1) is 10.7. The maximum absolute atomic E-state index is 6.42. The number of hydrogen-bond acceptors (Lipinski definition) is 3. The van der Waals surface area contributed by atoms with E-state index >= 15 is 0 Å². The molecule has 1 saturated heterocycles. The van der Waals surface area contributed by atoms with Gasteiger partial charge in [0.2, 0.25) is 0 Å². The average Bonchev–Trinajstić information content (AvgIpc) is 2.94. The zero-order valence-corrected chi connectivity index (χ0v) is 14.4. The van der Waals surface area contributed by atoms with Gasteiger partial charge in [0, 0.05) is 17.6 Å². The summed E-state index contributed by atoms with van der Waals surface area (Å²) >= 11 is 12.8. The Kier molecular flexibility index (Phi) is 5.50. The van der Waals surface area contributed by atoms with Crippen molar-refractivity contribution in [1.29, 1.82) is 0 Å². The smallest absolute Gasteiger partial charge is 0.139 e. The second-order valence-electron chi connectivity index (χ2n) is 6.51. The molecule has 2 aliphatic rings. The summed E-state index contributed by atoms with van der Waals surface area (Å²) in [6.45, 7) is 3.93. The third-order valence-corrected chi connectivity index (χ3v) is 5.40. The van der Waals surface area contributed by atoms with Crippen LogP contribution in [0.15, 0.2) is 12.1 Å². The third kappa shape index (κ3) is 3.88. The van der Waals surface area contributed by atoms with Gasteiger partial charge < -0.3 is 10.5 Å². The predicted octanol–water partition coefficient (Wildman–Crippen LogP) is 4.10. The Hall–Kier alpha value is -0.480. The second kappa shape index (κ2) is 7.39. The molecule has 122 valence electrons. The zero-order chi connectivity index (χ0) is 15.5. The van der Waals surface area contributed by atoms with Crippen LogP contribution in [0.3, 0.4) is 0 Å². The molecule has 2 fully saturated rings. The van der Waals surface area contributed by atoms with Crippen molar-refractivity contribution in [2.45, 2.75) is 44.8 Å². The number of likely N-dealkylation sites (tertiary alicyclic amines) is 1. The van der Waals surface area contributed by atoms with Crippen LogP contribution in [-0.4, -0.2) is 30.6 Å². The minimum absolute atomic E-state index is 0.259. The molecule has 1 aliphatic heterocycles. The van der Waals surface area contributed by atoms with Crippen molar-refractivity contribution in [3.8, 4) is 5.75 Å². The molecule has 3 rings (SSSR count). The summed E-state index contributed by atoms with van der Waals surface area (Å²) in [5.74, 6) is 1.42. The molecule has 1 saturated carbocycles. The molecule has 22 heavy (non-hydrogen) atoms. The summed E-state index contributed by atoms with van der Waals surface area (Å²) in [7, 11) is 0. The lowest BCUT2D eigenvalue weighted by Gasteiger charge is -2.35. The van der Waals surface area contributed by atoms with Crippen molar-refractivity contribution in [1.82, 2.24) is 4.90 Å². The molecule has 0 amide bonds. The molecule has 0 unspecified atom stereocenters. The zero-order valence-electron chi connectivity index (χ0n) is 12.9. The van der Waals surface area contributed by atoms with Gasteiger partial charge in [0.1, 0.15) is 5.75 Å². The summed E-state index contributed by atoms with van der Waals surface area (Å²) in [5, 5.41) is 1.42. The summed E-state index contributed by atoms with van der Waals surface area (Å²) < 4.78 is 5.99. The van der Waals surface area contributed by atoms with E-state index in [1.54, 1.807) is 0 Å².